The molecule has 2 heterocycles. The minimum absolute atomic E-state index is 0.0621. The van der Waals surface area contributed by atoms with Crippen molar-refractivity contribution in [3.8, 4) is 5.75 Å². The van der Waals surface area contributed by atoms with Crippen LogP contribution in [-0.4, -0.2) is 25.6 Å². The van der Waals surface area contributed by atoms with Crippen LogP contribution in [0.25, 0.3) is 0 Å². The van der Waals surface area contributed by atoms with Gasteiger partial charge in [0.15, 0.2) is 0 Å². The number of carbonyl (C=O) groups excluding carboxylic acids is 2. The van der Waals surface area contributed by atoms with Gasteiger partial charge in [-0.1, -0.05) is 34.1 Å². The first kappa shape index (κ1) is 16.8. The average Bonchev–Trinajstić information content (AvgIpc) is 3.02. The lowest BCUT2D eigenvalue weighted by Crippen LogP contribution is -2.37. The van der Waals surface area contributed by atoms with Crippen molar-refractivity contribution >= 4 is 33.5 Å². The molecule has 2 aliphatic heterocycles. The Morgan fingerprint density at radius 2 is 1.96 bits per heavy atom. The maximum atomic E-state index is 13.0. The highest BCUT2D eigenvalue weighted by molar-refractivity contribution is 9.10. The zero-order valence-corrected chi connectivity index (χ0v) is 15.7. The first-order valence-corrected chi connectivity index (χ1v) is 9.00. The number of benzene rings is 2. The highest BCUT2D eigenvalue weighted by atomic mass is 79.9. The van der Waals surface area contributed by atoms with Crippen molar-refractivity contribution in [3.63, 3.8) is 0 Å². The molecule has 26 heavy (non-hydrogen) atoms. The summed E-state index contributed by atoms with van der Waals surface area (Å²) in [7, 11) is 1.59. The molecule has 2 aromatic rings. The monoisotopic (exact) mass is 413 g/mol. The molecule has 0 radical (unpaired) electrons. The minimum atomic E-state index is -0.361. The van der Waals surface area contributed by atoms with Crippen molar-refractivity contribution in [2.75, 3.05) is 18.6 Å². The fourth-order valence-corrected chi connectivity index (χ4v) is 3.90. The number of nitrogens with zero attached hydrogens (tertiary/aromatic N) is 1. The SMILES string of the molecule is COc1cccc(C2CC(=O)N(c3cccc(Br)c3)C3=C2C(=O)OC3)c1. The lowest BCUT2D eigenvalue weighted by molar-refractivity contribution is -0.136. The highest BCUT2D eigenvalue weighted by Crippen LogP contribution is 2.42. The van der Waals surface area contributed by atoms with Gasteiger partial charge in [0.2, 0.25) is 5.91 Å². The van der Waals surface area contributed by atoms with Crippen LogP contribution < -0.4 is 9.64 Å². The van der Waals surface area contributed by atoms with E-state index in [1.807, 2.05) is 48.5 Å². The maximum absolute atomic E-state index is 13.0. The van der Waals surface area contributed by atoms with Gasteiger partial charge in [-0.15, -0.1) is 0 Å². The third-order valence-corrected chi connectivity index (χ3v) is 5.17. The normalized spacial score (nSPS) is 19.5. The van der Waals surface area contributed by atoms with Crippen LogP contribution in [-0.2, 0) is 14.3 Å². The van der Waals surface area contributed by atoms with Crippen molar-refractivity contribution < 1.29 is 19.1 Å². The maximum Gasteiger partial charge on any atom is 0.336 e. The number of hydrogen-bond donors (Lipinski definition) is 0. The van der Waals surface area contributed by atoms with E-state index in [-0.39, 0.29) is 30.8 Å². The fraction of sp³-hybridized carbons (Fsp3) is 0.200. The van der Waals surface area contributed by atoms with Crippen LogP contribution in [0.1, 0.15) is 17.9 Å². The molecule has 132 valence electrons. The summed E-state index contributed by atoms with van der Waals surface area (Å²) in [4.78, 5) is 27.0. The van der Waals surface area contributed by atoms with E-state index in [1.165, 1.54) is 0 Å². The number of ether oxygens (including phenoxy) is 2. The second kappa shape index (κ2) is 6.61. The molecule has 0 spiro atoms. The molecule has 0 saturated heterocycles. The summed E-state index contributed by atoms with van der Waals surface area (Å²) in [5.41, 5.74) is 2.77. The van der Waals surface area contributed by atoms with Crippen molar-refractivity contribution in [1.82, 2.24) is 0 Å². The third kappa shape index (κ3) is 2.80. The Kier molecular flexibility index (Phi) is 4.28. The summed E-state index contributed by atoms with van der Waals surface area (Å²) < 4.78 is 11.4. The lowest BCUT2D eigenvalue weighted by atomic mass is 9.84. The van der Waals surface area contributed by atoms with Crippen LogP contribution in [0.15, 0.2) is 64.3 Å². The van der Waals surface area contributed by atoms with E-state index in [0.29, 0.717) is 17.0 Å². The van der Waals surface area contributed by atoms with Crippen LogP contribution in [0.5, 0.6) is 5.75 Å². The Bertz CT molecular complexity index is 937. The zero-order valence-electron chi connectivity index (χ0n) is 14.1. The van der Waals surface area contributed by atoms with Crippen LogP contribution in [0.3, 0.4) is 0 Å². The summed E-state index contributed by atoms with van der Waals surface area (Å²) in [5, 5.41) is 0. The summed E-state index contributed by atoms with van der Waals surface area (Å²) in [6, 6.07) is 14.9. The molecule has 6 heteroatoms. The number of carbonyl (C=O) groups is 2. The largest absolute Gasteiger partial charge is 0.497 e. The molecule has 0 fully saturated rings. The molecule has 4 rings (SSSR count). The third-order valence-electron chi connectivity index (χ3n) is 4.68. The number of halogens is 1. The van der Waals surface area contributed by atoms with Gasteiger partial charge < -0.3 is 9.47 Å². The fourth-order valence-electron chi connectivity index (χ4n) is 3.51. The van der Waals surface area contributed by atoms with Crippen LogP contribution in [0, 0.1) is 0 Å². The quantitative estimate of drug-likeness (QED) is 0.718. The average molecular weight is 414 g/mol. The Balaban J connectivity index is 1.83. The van der Waals surface area contributed by atoms with Crippen LogP contribution in [0.4, 0.5) is 5.69 Å². The molecule has 1 amide bonds. The zero-order chi connectivity index (χ0) is 18.3. The van der Waals surface area contributed by atoms with E-state index < -0.39 is 0 Å². The molecule has 0 aromatic heterocycles. The number of esters is 1. The van der Waals surface area contributed by atoms with Crippen LogP contribution in [0.2, 0.25) is 0 Å². The first-order valence-electron chi connectivity index (χ1n) is 8.21. The summed E-state index contributed by atoms with van der Waals surface area (Å²) in [5.74, 6) is -0.0582. The summed E-state index contributed by atoms with van der Waals surface area (Å²) in [6.45, 7) is 0.104. The minimum Gasteiger partial charge on any atom is -0.497 e. The number of anilines is 1. The van der Waals surface area contributed by atoms with Gasteiger partial charge in [-0.25, -0.2) is 4.79 Å². The number of hydrogen-bond acceptors (Lipinski definition) is 4. The van der Waals surface area contributed by atoms with Crippen LogP contribution >= 0.6 is 15.9 Å². The molecule has 0 N–H and O–H groups in total. The smallest absolute Gasteiger partial charge is 0.336 e. The van der Waals surface area contributed by atoms with Crippen molar-refractivity contribution in [1.29, 1.82) is 0 Å². The predicted octanol–water partition coefficient (Wildman–Crippen LogP) is 3.79. The second-order valence-electron chi connectivity index (χ2n) is 6.18. The van der Waals surface area contributed by atoms with Gasteiger partial charge in [-0.2, -0.15) is 0 Å². The van der Waals surface area contributed by atoms with E-state index in [2.05, 4.69) is 15.9 Å². The molecular formula is C20H16BrNO4. The Morgan fingerprint density at radius 3 is 2.73 bits per heavy atom. The number of cyclic esters (lactones) is 1. The molecule has 0 saturated carbocycles. The van der Waals surface area contributed by atoms with Gasteiger partial charge in [0.25, 0.3) is 0 Å². The number of amides is 1. The van der Waals surface area contributed by atoms with Gasteiger partial charge in [0.05, 0.1) is 18.4 Å². The van der Waals surface area contributed by atoms with Crippen molar-refractivity contribution in [3.05, 3.63) is 69.8 Å². The van der Waals surface area contributed by atoms with E-state index >= 15 is 0 Å². The summed E-state index contributed by atoms with van der Waals surface area (Å²) >= 11 is 3.43. The Labute approximate surface area is 159 Å². The molecule has 2 aliphatic rings. The molecule has 0 bridgehead atoms. The van der Waals surface area contributed by atoms with Gasteiger partial charge >= 0.3 is 5.97 Å². The molecule has 5 nitrogen and oxygen atoms in total. The number of methoxy groups -OCH3 is 1. The van der Waals surface area contributed by atoms with E-state index in [0.717, 1.165) is 15.7 Å². The van der Waals surface area contributed by atoms with Gasteiger partial charge in [0, 0.05) is 22.5 Å². The first-order chi connectivity index (χ1) is 12.6. The second-order valence-corrected chi connectivity index (χ2v) is 7.09. The van der Waals surface area contributed by atoms with Crippen molar-refractivity contribution in [2.45, 2.75) is 12.3 Å². The van der Waals surface area contributed by atoms with Gasteiger partial charge in [-0.3, -0.25) is 9.69 Å². The van der Waals surface area contributed by atoms with E-state index in [9.17, 15) is 9.59 Å². The molecule has 2 aromatic carbocycles. The Morgan fingerprint density at radius 1 is 1.15 bits per heavy atom. The predicted molar refractivity (Wildman–Crippen MR) is 100.0 cm³/mol. The van der Waals surface area contributed by atoms with Gasteiger partial charge in [0.1, 0.15) is 12.4 Å². The highest BCUT2D eigenvalue weighted by Gasteiger charge is 2.43. The topological polar surface area (TPSA) is 55.8 Å². The standard InChI is InChI=1S/C20H16BrNO4/c1-25-15-7-2-4-12(8-15)16-10-18(23)22(14-6-3-5-13(21)9-14)17-11-26-20(24)19(16)17/h2-9,16H,10-11H2,1H3. The number of rotatable bonds is 3. The lowest BCUT2D eigenvalue weighted by Gasteiger charge is -2.32. The van der Waals surface area contributed by atoms with Gasteiger partial charge in [-0.05, 0) is 35.9 Å². The molecule has 1 atom stereocenters. The summed E-state index contributed by atoms with van der Waals surface area (Å²) in [6.07, 6.45) is 0.202. The molecule has 1 unspecified atom stereocenters. The molecule has 0 aliphatic carbocycles. The molecular weight excluding hydrogens is 398 g/mol. The van der Waals surface area contributed by atoms with E-state index in [1.54, 1.807) is 12.0 Å². The van der Waals surface area contributed by atoms with E-state index in [4.69, 9.17) is 9.47 Å². The Hall–Kier alpha value is -2.60. The van der Waals surface area contributed by atoms with Crippen molar-refractivity contribution in [2.24, 2.45) is 0 Å².